The van der Waals surface area contributed by atoms with Gasteiger partial charge in [0.1, 0.15) is 6.61 Å². The minimum absolute atomic E-state index is 0.299. The lowest BCUT2D eigenvalue weighted by molar-refractivity contribution is 0.184. The molecule has 0 aliphatic rings. The van der Waals surface area contributed by atoms with Gasteiger partial charge in [-0.05, 0) is 32.1 Å². The Bertz CT molecular complexity index is 464. The molecule has 0 rings (SSSR count). The van der Waals surface area contributed by atoms with Gasteiger partial charge in [0.05, 0.1) is 0 Å². The molecule has 0 aromatic rings. The van der Waals surface area contributed by atoms with Crippen LogP contribution in [0.1, 0.15) is 117 Å². The van der Waals surface area contributed by atoms with Crippen molar-refractivity contribution in [1.29, 1.82) is 5.26 Å². The van der Waals surface area contributed by atoms with Gasteiger partial charge in [-0.3, -0.25) is 0 Å². The molecule has 4 amide bonds. The Morgan fingerprint density at radius 1 is 0.688 bits per heavy atom. The van der Waals surface area contributed by atoms with Gasteiger partial charge in [-0.25, -0.2) is 14.5 Å². The minimum atomic E-state index is -0.299. The summed E-state index contributed by atoms with van der Waals surface area (Å²) in [6.07, 6.45) is 19.0. The number of amides is 4. The number of unbranched alkanes of at least 4 members (excludes halogenated alkanes) is 13. The summed E-state index contributed by atoms with van der Waals surface area (Å²) in [4.78, 5) is 26.6. The van der Waals surface area contributed by atoms with Gasteiger partial charge in [0, 0.05) is 19.6 Å². The summed E-state index contributed by atoms with van der Waals surface area (Å²) < 4.78 is 4.68. The number of rotatable bonds is 21. The Balaban J connectivity index is 4.28. The van der Waals surface area contributed by atoms with Crippen LogP contribution >= 0.6 is 0 Å². The number of urea groups is 2. The van der Waals surface area contributed by atoms with Crippen molar-refractivity contribution < 1.29 is 14.3 Å². The van der Waals surface area contributed by atoms with E-state index in [1.54, 1.807) is 6.26 Å². The van der Waals surface area contributed by atoms with Crippen LogP contribution in [0.15, 0.2) is 0 Å². The van der Waals surface area contributed by atoms with Gasteiger partial charge >= 0.3 is 12.1 Å². The Hall–Kier alpha value is -1.97. The maximum absolute atomic E-state index is 12.6. The molecule has 0 saturated heterocycles. The van der Waals surface area contributed by atoms with Gasteiger partial charge in [-0.15, -0.1) is 0 Å². The summed E-state index contributed by atoms with van der Waals surface area (Å²) in [5.41, 5.74) is 0. The van der Waals surface area contributed by atoms with E-state index in [4.69, 9.17) is 5.26 Å². The van der Waals surface area contributed by atoms with Crippen molar-refractivity contribution in [3.8, 4) is 6.26 Å². The first-order valence-electron chi connectivity index (χ1n) is 13.0. The van der Waals surface area contributed by atoms with Gasteiger partial charge in [-0.2, -0.15) is 5.26 Å². The van der Waals surface area contributed by atoms with Crippen molar-refractivity contribution in [1.82, 2.24) is 15.5 Å². The van der Waals surface area contributed by atoms with E-state index in [0.717, 1.165) is 51.4 Å². The highest BCUT2D eigenvalue weighted by molar-refractivity contribution is 5.93. The third-order valence-electron chi connectivity index (χ3n) is 5.55. The Labute approximate surface area is 196 Å². The molecule has 0 bridgehead atoms. The molecule has 0 aromatic heterocycles. The van der Waals surface area contributed by atoms with E-state index in [1.807, 2.05) is 0 Å². The van der Waals surface area contributed by atoms with Gasteiger partial charge in [-0.1, -0.05) is 84.5 Å². The topological polar surface area (TPSA) is 94.5 Å². The largest absolute Gasteiger partial charge is 0.428 e. The average Bonchev–Trinajstić information content (AvgIpc) is 2.79. The highest BCUT2D eigenvalue weighted by Gasteiger charge is 2.20. The quantitative estimate of drug-likeness (QED) is 0.154. The van der Waals surface area contributed by atoms with Crippen molar-refractivity contribution in [3.05, 3.63) is 0 Å². The molecule has 7 heteroatoms. The predicted molar refractivity (Wildman–Crippen MR) is 130 cm³/mol. The first-order valence-corrected chi connectivity index (χ1v) is 13.0. The third kappa shape index (κ3) is 18.8. The number of carbonyl (C=O) groups excluding carboxylic acids is 2. The Kier molecular flexibility index (Phi) is 22.2. The molecule has 0 aliphatic carbocycles. The number of imide groups is 1. The van der Waals surface area contributed by atoms with Gasteiger partial charge in [0.25, 0.3) is 6.26 Å². The highest BCUT2D eigenvalue weighted by Crippen LogP contribution is 2.07. The second kappa shape index (κ2) is 23.7. The molecule has 0 atom stereocenters. The van der Waals surface area contributed by atoms with Crippen molar-refractivity contribution in [2.45, 2.75) is 117 Å². The highest BCUT2D eigenvalue weighted by atomic mass is 16.5. The van der Waals surface area contributed by atoms with E-state index in [1.165, 1.54) is 56.3 Å². The van der Waals surface area contributed by atoms with Crippen LogP contribution in [0, 0.1) is 11.5 Å². The van der Waals surface area contributed by atoms with E-state index in [2.05, 4.69) is 29.2 Å². The van der Waals surface area contributed by atoms with Crippen LogP contribution in [-0.4, -0.2) is 43.2 Å². The van der Waals surface area contributed by atoms with Crippen LogP contribution in [-0.2, 0) is 4.74 Å². The summed E-state index contributed by atoms with van der Waals surface area (Å²) in [6.45, 7) is 6.45. The predicted octanol–water partition coefficient (Wildman–Crippen LogP) is 6.49. The Morgan fingerprint density at radius 3 is 1.62 bits per heavy atom. The fourth-order valence-electron chi connectivity index (χ4n) is 3.53. The summed E-state index contributed by atoms with van der Waals surface area (Å²) in [5.74, 6) is 0. The van der Waals surface area contributed by atoms with Crippen LogP contribution in [0.25, 0.3) is 0 Å². The molecule has 0 heterocycles. The lowest BCUT2D eigenvalue weighted by Crippen LogP contribution is -2.49. The molecule has 0 aliphatic heterocycles. The Morgan fingerprint density at radius 2 is 1.12 bits per heavy atom. The lowest BCUT2D eigenvalue weighted by Gasteiger charge is -2.22. The second-order valence-corrected chi connectivity index (χ2v) is 8.50. The number of hydrogen-bond acceptors (Lipinski definition) is 4. The van der Waals surface area contributed by atoms with Gasteiger partial charge in [0.15, 0.2) is 0 Å². The zero-order valence-corrected chi connectivity index (χ0v) is 20.8. The van der Waals surface area contributed by atoms with Gasteiger partial charge in [0.2, 0.25) is 0 Å². The molecule has 0 unspecified atom stereocenters. The van der Waals surface area contributed by atoms with E-state index in [-0.39, 0.29) is 12.1 Å². The monoisotopic (exact) mass is 452 g/mol. The molecule has 0 aromatic carbocycles. The molecule has 0 fully saturated rings. The second-order valence-electron chi connectivity index (χ2n) is 8.50. The first-order chi connectivity index (χ1) is 15.7. The summed E-state index contributed by atoms with van der Waals surface area (Å²) in [7, 11) is 0. The zero-order chi connectivity index (χ0) is 23.7. The number of nitriles is 1. The van der Waals surface area contributed by atoms with Crippen molar-refractivity contribution in [2.24, 2.45) is 0 Å². The molecule has 186 valence electrons. The normalized spacial score (nSPS) is 10.4. The van der Waals surface area contributed by atoms with E-state index in [9.17, 15) is 9.59 Å². The maximum Gasteiger partial charge on any atom is 0.325 e. The van der Waals surface area contributed by atoms with Crippen molar-refractivity contribution in [3.63, 3.8) is 0 Å². The molecular weight excluding hydrogens is 404 g/mol. The van der Waals surface area contributed by atoms with Crippen LogP contribution in [0.4, 0.5) is 9.59 Å². The number of carbonyl (C=O) groups is 2. The van der Waals surface area contributed by atoms with E-state index in [0.29, 0.717) is 26.2 Å². The fourth-order valence-corrected chi connectivity index (χ4v) is 3.53. The van der Waals surface area contributed by atoms with Crippen LogP contribution in [0.5, 0.6) is 0 Å². The maximum atomic E-state index is 12.6. The molecular formula is C25H48N4O3. The molecule has 0 spiro atoms. The molecule has 0 radical (unpaired) electrons. The standard InChI is InChI=1S/C25H48N4O3/c1-3-5-7-9-11-15-19-27-24(30)29(21-17-13-14-18-22-32-23-26)25(31)28-20-16-12-10-8-6-4-2/h3-22H2,1-2H3,(H,27,30)(H,28,31). The molecule has 32 heavy (non-hydrogen) atoms. The minimum Gasteiger partial charge on any atom is -0.428 e. The molecule has 2 N–H and O–H groups in total. The van der Waals surface area contributed by atoms with Crippen LogP contribution in [0.3, 0.4) is 0 Å². The summed E-state index contributed by atoms with van der Waals surface area (Å²) >= 11 is 0. The van der Waals surface area contributed by atoms with Crippen molar-refractivity contribution >= 4 is 12.1 Å². The van der Waals surface area contributed by atoms with Crippen LogP contribution < -0.4 is 10.6 Å². The van der Waals surface area contributed by atoms with E-state index < -0.39 is 0 Å². The number of hydrogen-bond donors (Lipinski definition) is 2. The third-order valence-corrected chi connectivity index (χ3v) is 5.55. The lowest BCUT2D eigenvalue weighted by atomic mass is 10.1. The average molecular weight is 453 g/mol. The first kappa shape index (κ1) is 30.0. The number of ether oxygens (including phenoxy) is 1. The number of nitrogens with zero attached hydrogens (tertiary/aromatic N) is 2. The van der Waals surface area contributed by atoms with E-state index >= 15 is 0 Å². The summed E-state index contributed by atoms with van der Waals surface area (Å²) in [5, 5.41) is 14.2. The van der Waals surface area contributed by atoms with Crippen LogP contribution in [0.2, 0.25) is 0 Å². The smallest absolute Gasteiger partial charge is 0.325 e. The molecule has 0 saturated carbocycles. The zero-order valence-electron chi connectivity index (χ0n) is 20.8. The summed E-state index contributed by atoms with van der Waals surface area (Å²) in [6, 6.07) is -0.598. The molecule has 7 nitrogen and oxygen atoms in total. The van der Waals surface area contributed by atoms with Crippen molar-refractivity contribution in [2.75, 3.05) is 26.2 Å². The fraction of sp³-hybridized carbons (Fsp3) is 0.880. The number of nitrogens with one attached hydrogen (secondary N) is 2. The van der Waals surface area contributed by atoms with Gasteiger partial charge < -0.3 is 15.4 Å². The SMILES string of the molecule is CCCCCCCCNC(=O)N(CCCCCCOC#N)C(=O)NCCCCCCCC.